The minimum absolute atomic E-state index is 0.121. The first kappa shape index (κ1) is 9.29. The summed E-state index contributed by atoms with van der Waals surface area (Å²) in [6, 6.07) is 10.8. The molecule has 2 nitrogen and oxygen atoms in total. The summed E-state index contributed by atoms with van der Waals surface area (Å²) < 4.78 is 4.87. The third kappa shape index (κ3) is 2.35. The Labute approximate surface area is 87.2 Å². The molecule has 0 aliphatic heterocycles. The third-order valence-electron chi connectivity index (χ3n) is 1.86. The van der Waals surface area contributed by atoms with Crippen molar-refractivity contribution in [2.75, 3.05) is 0 Å². The van der Waals surface area contributed by atoms with Gasteiger partial charge in [-0.15, -0.1) is 0 Å². The molecule has 1 aromatic carbocycles. The predicted octanol–water partition coefficient (Wildman–Crippen LogP) is 2.04. The first-order chi connectivity index (χ1) is 7.36. The van der Waals surface area contributed by atoms with Crippen LogP contribution in [0.25, 0.3) is 0 Å². The second-order valence-electron chi connectivity index (χ2n) is 2.95. The summed E-state index contributed by atoms with van der Waals surface area (Å²) in [4.78, 5) is 11.3. The van der Waals surface area contributed by atoms with Crippen LogP contribution in [0.1, 0.15) is 11.1 Å². The molecule has 0 amide bonds. The Bertz CT molecular complexity index is 556. The summed E-state index contributed by atoms with van der Waals surface area (Å²) in [6.45, 7) is 0. The van der Waals surface area contributed by atoms with Crippen LogP contribution < -0.4 is 5.43 Å². The van der Waals surface area contributed by atoms with Crippen LogP contribution in [-0.4, -0.2) is 0 Å². The third-order valence-corrected chi connectivity index (χ3v) is 1.86. The second-order valence-corrected chi connectivity index (χ2v) is 2.95. The summed E-state index contributed by atoms with van der Waals surface area (Å²) in [7, 11) is 0. The molecular weight excluding hydrogens is 188 g/mol. The van der Waals surface area contributed by atoms with Crippen molar-refractivity contribution in [1.82, 2.24) is 0 Å². The molecular formula is C13H8O2. The monoisotopic (exact) mass is 196 g/mol. The zero-order valence-electron chi connectivity index (χ0n) is 7.94. The molecule has 0 N–H and O–H groups in total. The van der Waals surface area contributed by atoms with Gasteiger partial charge in [0.05, 0.1) is 6.26 Å². The van der Waals surface area contributed by atoms with E-state index in [4.69, 9.17) is 4.42 Å². The zero-order valence-corrected chi connectivity index (χ0v) is 7.94. The smallest absolute Gasteiger partial charge is 0.200 e. The standard InChI is InChI=1S/C13H8O2/c14-13-8-9-15-10-12(13)7-6-11-4-2-1-3-5-11/h1-5,8-10H. The molecule has 0 aliphatic carbocycles. The van der Waals surface area contributed by atoms with Gasteiger partial charge < -0.3 is 4.42 Å². The highest BCUT2D eigenvalue weighted by atomic mass is 16.3. The van der Waals surface area contributed by atoms with Crippen molar-refractivity contribution in [3.05, 3.63) is 70.3 Å². The highest BCUT2D eigenvalue weighted by molar-refractivity contribution is 5.40. The molecule has 0 saturated heterocycles. The lowest BCUT2D eigenvalue weighted by atomic mass is 10.2. The van der Waals surface area contributed by atoms with Crippen LogP contribution in [0.15, 0.2) is 58.1 Å². The van der Waals surface area contributed by atoms with Gasteiger partial charge in [0.25, 0.3) is 0 Å². The van der Waals surface area contributed by atoms with Gasteiger partial charge in [-0.3, -0.25) is 4.79 Å². The molecule has 2 rings (SSSR count). The Morgan fingerprint density at radius 1 is 1.00 bits per heavy atom. The SMILES string of the molecule is O=c1ccocc1C#Cc1ccccc1. The second kappa shape index (κ2) is 4.30. The largest absolute Gasteiger partial charge is 0.471 e. The maximum Gasteiger partial charge on any atom is 0.200 e. The topological polar surface area (TPSA) is 30.2 Å². The molecule has 0 radical (unpaired) electrons. The molecule has 1 aromatic heterocycles. The van der Waals surface area contributed by atoms with Gasteiger partial charge in [-0.2, -0.15) is 0 Å². The van der Waals surface area contributed by atoms with Crippen molar-refractivity contribution in [2.24, 2.45) is 0 Å². The van der Waals surface area contributed by atoms with Crippen molar-refractivity contribution in [3.63, 3.8) is 0 Å². The maximum absolute atomic E-state index is 11.3. The lowest BCUT2D eigenvalue weighted by molar-refractivity contribution is 0.546. The Morgan fingerprint density at radius 3 is 2.53 bits per heavy atom. The van der Waals surface area contributed by atoms with Gasteiger partial charge in [0.2, 0.25) is 0 Å². The van der Waals surface area contributed by atoms with Crippen LogP contribution in [0, 0.1) is 11.8 Å². The lowest BCUT2D eigenvalue weighted by Gasteiger charge is -1.87. The molecule has 1 heterocycles. The normalized spacial score (nSPS) is 9.07. The van der Waals surface area contributed by atoms with Crippen molar-refractivity contribution in [2.45, 2.75) is 0 Å². The van der Waals surface area contributed by atoms with E-state index in [0.29, 0.717) is 5.56 Å². The Hall–Kier alpha value is -2.27. The number of hydrogen-bond acceptors (Lipinski definition) is 2. The van der Waals surface area contributed by atoms with Gasteiger partial charge in [-0.25, -0.2) is 0 Å². The molecule has 2 aromatic rings. The van der Waals surface area contributed by atoms with Crippen LogP contribution in [0.5, 0.6) is 0 Å². The van der Waals surface area contributed by atoms with Gasteiger partial charge in [-0.05, 0) is 12.1 Å². The van der Waals surface area contributed by atoms with Crippen molar-refractivity contribution < 1.29 is 4.42 Å². The van der Waals surface area contributed by atoms with E-state index in [0.717, 1.165) is 5.56 Å². The molecule has 0 unspecified atom stereocenters. The molecule has 0 aliphatic rings. The van der Waals surface area contributed by atoms with Crippen LogP contribution >= 0.6 is 0 Å². The van der Waals surface area contributed by atoms with Crippen LogP contribution in [0.4, 0.5) is 0 Å². The highest BCUT2D eigenvalue weighted by Gasteiger charge is 1.92. The molecule has 0 fully saturated rings. The predicted molar refractivity (Wildman–Crippen MR) is 57.4 cm³/mol. The first-order valence-electron chi connectivity index (χ1n) is 4.50. The summed E-state index contributed by atoms with van der Waals surface area (Å²) in [5.41, 5.74) is 1.13. The van der Waals surface area contributed by atoms with Crippen LogP contribution in [0.3, 0.4) is 0 Å². The molecule has 2 heteroatoms. The van der Waals surface area contributed by atoms with E-state index in [1.54, 1.807) is 0 Å². The van der Waals surface area contributed by atoms with E-state index in [1.807, 2.05) is 30.3 Å². The highest BCUT2D eigenvalue weighted by Crippen LogP contribution is 1.96. The van der Waals surface area contributed by atoms with E-state index in [-0.39, 0.29) is 5.43 Å². The molecule has 0 atom stereocenters. The quantitative estimate of drug-likeness (QED) is 0.603. The summed E-state index contributed by atoms with van der Waals surface area (Å²) >= 11 is 0. The number of rotatable bonds is 0. The number of hydrogen-bond donors (Lipinski definition) is 0. The fourth-order valence-electron chi connectivity index (χ4n) is 1.11. The average molecular weight is 196 g/mol. The number of benzene rings is 1. The molecule has 72 valence electrons. The van der Waals surface area contributed by atoms with E-state index >= 15 is 0 Å². The molecule has 15 heavy (non-hydrogen) atoms. The summed E-state index contributed by atoms with van der Waals surface area (Å²) in [5, 5.41) is 0. The van der Waals surface area contributed by atoms with Crippen LogP contribution in [0.2, 0.25) is 0 Å². The fraction of sp³-hybridized carbons (Fsp3) is 0. The van der Waals surface area contributed by atoms with Gasteiger partial charge in [0, 0.05) is 11.6 Å². The van der Waals surface area contributed by atoms with Crippen LogP contribution in [-0.2, 0) is 0 Å². The van der Waals surface area contributed by atoms with Gasteiger partial charge in [-0.1, -0.05) is 30.0 Å². The van der Waals surface area contributed by atoms with E-state index < -0.39 is 0 Å². The van der Waals surface area contributed by atoms with E-state index in [1.165, 1.54) is 18.6 Å². The van der Waals surface area contributed by atoms with E-state index in [9.17, 15) is 4.79 Å². The average Bonchev–Trinajstić information content (AvgIpc) is 2.29. The lowest BCUT2D eigenvalue weighted by Crippen LogP contribution is -2.01. The van der Waals surface area contributed by atoms with Crippen molar-refractivity contribution in [3.8, 4) is 11.8 Å². The molecule has 0 bridgehead atoms. The Kier molecular flexibility index (Phi) is 2.66. The molecule has 0 saturated carbocycles. The minimum Gasteiger partial charge on any atom is -0.471 e. The fourth-order valence-corrected chi connectivity index (χ4v) is 1.11. The molecule has 0 spiro atoms. The minimum atomic E-state index is -0.121. The van der Waals surface area contributed by atoms with E-state index in [2.05, 4.69) is 11.8 Å². The van der Waals surface area contributed by atoms with Gasteiger partial charge in [0.15, 0.2) is 5.43 Å². The van der Waals surface area contributed by atoms with Crippen molar-refractivity contribution in [1.29, 1.82) is 0 Å². The maximum atomic E-state index is 11.3. The van der Waals surface area contributed by atoms with Gasteiger partial charge in [0.1, 0.15) is 11.8 Å². The zero-order chi connectivity index (χ0) is 10.5. The summed E-state index contributed by atoms with van der Waals surface area (Å²) in [6.07, 6.45) is 2.70. The van der Waals surface area contributed by atoms with Crippen molar-refractivity contribution >= 4 is 0 Å². The summed E-state index contributed by atoms with van der Waals surface area (Å²) in [5.74, 6) is 5.66. The first-order valence-corrected chi connectivity index (χ1v) is 4.50. The Morgan fingerprint density at radius 2 is 1.80 bits per heavy atom. The Balaban J connectivity index is 2.35. The van der Waals surface area contributed by atoms with Gasteiger partial charge >= 0.3 is 0 Å².